The van der Waals surface area contributed by atoms with Crippen LogP contribution in [0, 0.1) is 5.92 Å². The van der Waals surface area contributed by atoms with Crippen molar-refractivity contribution in [1.29, 1.82) is 0 Å². The molecule has 3 atom stereocenters. The van der Waals surface area contributed by atoms with E-state index in [4.69, 9.17) is 4.74 Å². The zero-order valence-electron chi connectivity index (χ0n) is 18.8. The summed E-state index contributed by atoms with van der Waals surface area (Å²) in [5.41, 5.74) is 0.765. The summed E-state index contributed by atoms with van der Waals surface area (Å²) in [5, 5.41) is 5.80. The lowest BCUT2D eigenvalue weighted by molar-refractivity contribution is -0.128. The molecule has 1 aromatic rings. The van der Waals surface area contributed by atoms with Crippen molar-refractivity contribution in [3.63, 3.8) is 0 Å². The summed E-state index contributed by atoms with van der Waals surface area (Å²) in [6.07, 6.45) is 6.67. The van der Waals surface area contributed by atoms with Gasteiger partial charge in [0.1, 0.15) is 11.8 Å². The molecule has 3 fully saturated rings. The number of carbonyl (C=O) groups excluding carboxylic acids is 3. The second-order valence-corrected chi connectivity index (χ2v) is 9.08. The molecule has 0 radical (unpaired) electrons. The fourth-order valence-corrected chi connectivity index (χ4v) is 5.35. The molecule has 8 heteroatoms. The maximum atomic E-state index is 12.8. The van der Waals surface area contributed by atoms with E-state index in [-0.39, 0.29) is 24.8 Å². The first-order valence-corrected chi connectivity index (χ1v) is 11.8. The van der Waals surface area contributed by atoms with Crippen molar-refractivity contribution in [3.05, 3.63) is 29.8 Å². The second-order valence-electron chi connectivity index (χ2n) is 9.08. The molecule has 3 heterocycles. The van der Waals surface area contributed by atoms with E-state index in [1.54, 1.807) is 13.2 Å². The minimum absolute atomic E-state index is 0.0526. The summed E-state index contributed by atoms with van der Waals surface area (Å²) in [6.45, 7) is 3.22. The Balaban J connectivity index is 1.24. The Bertz CT molecular complexity index is 843. The zero-order chi connectivity index (χ0) is 22.5. The number of imide groups is 1. The number of benzene rings is 1. The summed E-state index contributed by atoms with van der Waals surface area (Å²) < 4.78 is 5.32. The van der Waals surface area contributed by atoms with Crippen molar-refractivity contribution >= 4 is 17.8 Å². The third kappa shape index (κ3) is 5.06. The molecule has 3 aliphatic heterocycles. The minimum Gasteiger partial charge on any atom is -0.496 e. The van der Waals surface area contributed by atoms with E-state index >= 15 is 0 Å². The number of hydrogen-bond donors (Lipinski definition) is 2. The summed E-state index contributed by atoms with van der Waals surface area (Å²) in [5.74, 6) is 0.800. The van der Waals surface area contributed by atoms with Gasteiger partial charge in [-0.25, -0.2) is 4.79 Å². The number of para-hydroxylation sites is 1. The largest absolute Gasteiger partial charge is 0.496 e. The molecule has 1 aromatic carbocycles. The van der Waals surface area contributed by atoms with Crippen molar-refractivity contribution in [2.45, 2.75) is 63.6 Å². The molecule has 4 amide bonds. The lowest BCUT2D eigenvalue weighted by atomic mass is 9.83. The number of methoxy groups -OCH3 is 1. The summed E-state index contributed by atoms with van der Waals surface area (Å²) in [7, 11) is 1.56. The average Bonchev–Trinajstić information content (AvgIpc) is 3.09. The zero-order valence-corrected chi connectivity index (χ0v) is 18.8. The van der Waals surface area contributed by atoms with Crippen molar-refractivity contribution in [2.24, 2.45) is 5.92 Å². The molecular weight excluding hydrogens is 408 g/mol. The van der Waals surface area contributed by atoms with Gasteiger partial charge in [-0.15, -0.1) is 0 Å². The SMILES string of the molecule is COc1ccccc1CN1C(=O)NC(CCC(=O)NCC2CCCN3CCCCC23)C1=O. The molecule has 3 aliphatic rings. The van der Waals surface area contributed by atoms with E-state index in [0.29, 0.717) is 30.7 Å². The highest BCUT2D eigenvalue weighted by Gasteiger charge is 2.38. The van der Waals surface area contributed by atoms with Crippen LogP contribution in [0.2, 0.25) is 0 Å². The summed E-state index contributed by atoms with van der Waals surface area (Å²) in [6, 6.07) is 6.83. The smallest absolute Gasteiger partial charge is 0.325 e. The molecule has 3 saturated heterocycles. The molecule has 174 valence electrons. The number of amides is 4. The monoisotopic (exact) mass is 442 g/mol. The Morgan fingerprint density at radius 3 is 2.81 bits per heavy atom. The Morgan fingerprint density at radius 2 is 1.97 bits per heavy atom. The predicted octanol–water partition coefficient (Wildman–Crippen LogP) is 2.28. The third-order valence-electron chi connectivity index (χ3n) is 7.08. The Hall–Kier alpha value is -2.61. The average molecular weight is 443 g/mol. The summed E-state index contributed by atoms with van der Waals surface area (Å²) in [4.78, 5) is 41.4. The molecule has 32 heavy (non-hydrogen) atoms. The number of carbonyl (C=O) groups is 3. The van der Waals surface area contributed by atoms with Crippen LogP contribution in [0.4, 0.5) is 4.79 Å². The van der Waals surface area contributed by atoms with E-state index in [0.717, 1.165) is 12.0 Å². The van der Waals surface area contributed by atoms with Crippen molar-refractivity contribution in [2.75, 3.05) is 26.7 Å². The van der Waals surface area contributed by atoms with Crippen LogP contribution in [-0.2, 0) is 16.1 Å². The van der Waals surface area contributed by atoms with Crippen LogP contribution >= 0.6 is 0 Å². The fraction of sp³-hybridized carbons (Fsp3) is 0.625. The molecule has 4 rings (SSSR count). The number of nitrogens with zero attached hydrogens (tertiary/aromatic N) is 2. The molecule has 0 spiro atoms. The van der Waals surface area contributed by atoms with Crippen molar-refractivity contribution in [3.8, 4) is 5.75 Å². The molecular formula is C24H34N4O4. The van der Waals surface area contributed by atoms with Gasteiger partial charge in [-0.3, -0.25) is 14.5 Å². The predicted molar refractivity (Wildman–Crippen MR) is 120 cm³/mol. The molecule has 0 aromatic heterocycles. The van der Waals surface area contributed by atoms with Gasteiger partial charge in [-0.1, -0.05) is 24.6 Å². The van der Waals surface area contributed by atoms with Crippen LogP contribution in [0.15, 0.2) is 24.3 Å². The molecule has 0 bridgehead atoms. The van der Waals surface area contributed by atoms with Gasteiger partial charge in [-0.2, -0.15) is 0 Å². The van der Waals surface area contributed by atoms with Crippen LogP contribution in [0.1, 0.15) is 50.5 Å². The number of nitrogens with one attached hydrogen (secondary N) is 2. The van der Waals surface area contributed by atoms with Crippen LogP contribution in [-0.4, -0.2) is 66.5 Å². The van der Waals surface area contributed by atoms with Crippen LogP contribution in [0.25, 0.3) is 0 Å². The van der Waals surface area contributed by atoms with Gasteiger partial charge in [0.25, 0.3) is 5.91 Å². The van der Waals surface area contributed by atoms with E-state index in [1.807, 2.05) is 18.2 Å². The highest BCUT2D eigenvalue weighted by atomic mass is 16.5. The molecule has 3 unspecified atom stereocenters. The molecule has 0 saturated carbocycles. The molecule has 8 nitrogen and oxygen atoms in total. The number of urea groups is 1. The lowest BCUT2D eigenvalue weighted by Gasteiger charge is -2.44. The maximum Gasteiger partial charge on any atom is 0.325 e. The fourth-order valence-electron chi connectivity index (χ4n) is 5.35. The van der Waals surface area contributed by atoms with Gasteiger partial charge in [-0.05, 0) is 57.2 Å². The van der Waals surface area contributed by atoms with E-state index in [1.165, 1.54) is 43.7 Å². The molecule has 0 aliphatic carbocycles. The van der Waals surface area contributed by atoms with Crippen LogP contribution in [0.3, 0.4) is 0 Å². The number of hydrogen-bond acceptors (Lipinski definition) is 5. The van der Waals surface area contributed by atoms with Gasteiger partial charge >= 0.3 is 6.03 Å². The van der Waals surface area contributed by atoms with E-state index in [2.05, 4.69) is 15.5 Å². The number of ether oxygens (including phenoxy) is 1. The van der Waals surface area contributed by atoms with E-state index in [9.17, 15) is 14.4 Å². The standard InChI is InChI=1S/C24H34N4O4/c1-32-21-10-3-2-7-18(21)16-28-23(30)19(26-24(28)31)11-12-22(29)25-15-17-8-6-14-27-13-5-4-9-20(17)27/h2-3,7,10,17,19-20H,4-6,8-9,11-16H2,1H3,(H,25,29)(H,26,31). The molecule has 2 N–H and O–H groups in total. The van der Waals surface area contributed by atoms with Crippen LogP contribution < -0.4 is 15.4 Å². The Kier molecular flexibility index (Phi) is 7.29. The first kappa shape index (κ1) is 22.6. The first-order valence-electron chi connectivity index (χ1n) is 11.8. The quantitative estimate of drug-likeness (QED) is 0.603. The number of fused-ring (bicyclic) bond motifs is 1. The van der Waals surface area contributed by atoms with Gasteiger partial charge < -0.3 is 20.3 Å². The van der Waals surface area contributed by atoms with Crippen molar-refractivity contribution in [1.82, 2.24) is 20.4 Å². The normalized spacial score (nSPS) is 25.9. The highest BCUT2D eigenvalue weighted by molar-refractivity contribution is 6.04. The number of piperidine rings is 2. The van der Waals surface area contributed by atoms with Crippen LogP contribution in [0.5, 0.6) is 5.75 Å². The van der Waals surface area contributed by atoms with Gasteiger partial charge in [0, 0.05) is 24.6 Å². The maximum absolute atomic E-state index is 12.8. The van der Waals surface area contributed by atoms with Crippen molar-refractivity contribution < 1.29 is 19.1 Å². The third-order valence-corrected chi connectivity index (χ3v) is 7.08. The topological polar surface area (TPSA) is 91.0 Å². The van der Waals surface area contributed by atoms with Gasteiger partial charge in [0.15, 0.2) is 0 Å². The lowest BCUT2D eigenvalue weighted by Crippen LogP contribution is -2.51. The van der Waals surface area contributed by atoms with E-state index < -0.39 is 12.1 Å². The van der Waals surface area contributed by atoms with Gasteiger partial charge in [0.2, 0.25) is 5.91 Å². The highest BCUT2D eigenvalue weighted by Crippen LogP contribution is 2.30. The summed E-state index contributed by atoms with van der Waals surface area (Å²) >= 11 is 0. The second kappa shape index (κ2) is 10.3. The number of rotatable bonds is 8. The Morgan fingerprint density at radius 1 is 1.16 bits per heavy atom. The Labute approximate surface area is 189 Å². The van der Waals surface area contributed by atoms with Gasteiger partial charge in [0.05, 0.1) is 13.7 Å². The minimum atomic E-state index is -0.661. The first-order chi connectivity index (χ1) is 15.6.